The van der Waals surface area contributed by atoms with Gasteiger partial charge in [-0.15, -0.1) is 0 Å². The number of methoxy groups -OCH3 is 1. The molecule has 1 unspecified atom stereocenters. The SMILES string of the molecule is COc1ccc(CCC(=O)NC(C)c2cn[nH]c2)cc1Br. The second-order valence-electron chi connectivity index (χ2n) is 4.79. The molecule has 1 aromatic heterocycles. The van der Waals surface area contributed by atoms with Crippen LogP contribution in [0.25, 0.3) is 0 Å². The molecule has 0 radical (unpaired) electrons. The van der Waals surface area contributed by atoms with Crippen molar-refractivity contribution in [2.75, 3.05) is 7.11 Å². The maximum Gasteiger partial charge on any atom is 0.220 e. The lowest BCUT2D eigenvalue weighted by Gasteiger charge is -2.12. The van der Waals surface area contributed by atoms with E-state index < -0.39 is 0 Å². The first-order chi connectivity index (χ1) is 10.1. The third-order valence-corrected chi connectivity index (χ3v) is 3.87. The van der Waals surface area contributed by atoms with Gasteiger partial charge in [0.25, 0.3) is 0 Å². The van der Waals surface area contributed by atoms with Crippen LogP contribution in [-0.2, 0) is 11.2 Å². The Bertz CT molecular complexity index is 599. The van der Waals surface area contributed by atoms with Crippen molar-refractivity contribution in [1.29, 1.82) is 0 Å². The number of nitrogens with zero attached hydrogens (tertiary/aromatic N) is 1. The molecule has 0 fully saturated rings. The molecule has 0 aliphatic rings. The third kappa shape index (κ3) is 4.32. The molecule has 2 N–H and O–H groups in total. The Kier molecular flexibility index (Phi) is 5.38. The molecular weight excluding hydrogens is 334 g/mol. The highest BCUT2D eigenvalue weighted by molar-refractivity contribution is 9.10. The summed E-state index contributed by atoms with van der Waals surface area (Å²) in [5.41, 5.74) is 2.06. The summed E-state index contributed by atoms with van der Waals surface area (Å²) in [4.78, 5) is 12.0. The molecule has 1 amide bonds. The average molecular weight is 352 g/mol. The summed E-state index contributed by atoms with van der Waals surface area (Å²) < 4.78 is 6.08. The topological polar surface area (TPSA) is 67.0 Å². The number of carbonyl (C=O) groups is 1. The van der Waals surface area contributed by atoms with E-state index in [1.165, 1.54) is 0 Å². The fourth-order valence-corrected chi connectivity index (χ4v) is 2.61. The largest absolute Gasteiger partial charge is 0.496 e. The summed E-state index contributed by atoms with van der Waals surface area (Å²) in [6, 6.07) is 5.80. The Morgan fingerprint density at radius 1 is 1.52 bits per heavy atom. The van der Waals surface area contributed by atoms with Crippen molar-refractivity contribution in [3.63, 3.8) is 0 Å². The number of rotatable bonds is 6. The summed E-state index contributed by atoms with van der Waals surface area (Å²) in [6.07, 6.45) is 4.63. The molecule has 6 heteroatoms. The van der Waals surface area contributed by atoms with E-state index in [2.05, 4.69) is 31.4 Å². The van der Waals surface area contributed by atoms with Gasteiger partial charge < -0.3 is 10.1 Å². The molecule has 2 rings (SSSR count). The van der Waals surface area contributed by atoms with Gasteiger partial charge in [0.05, 0.1) is 23.8 Å². The number of aromatic nitrogens is 2. The lowest BCUT2D eigenvalue weighted by molar-refractivity contribution is -0.121. The van der Waals surface area contributed by atoms with Gasteiger partial charge in [-0.1, -0.05) is 6.07 Å². The van der Waals surface area contributed by atoms with E-state index in [0.717, 1.165) is 21.3 Å². The third-order valence-electron chi connectivity index (χ3n) is 3.25. The number of nitrogens with one attached hydrogen (secondary N) is 2. The molecule has 0 saturated heterocycles. The van der Waals surface area contributed by atoms with Gasteiger partial charge in [-0.2, -0.15) is 5.10 Å². The van der Waals surface area contributed by atoms with E-state index in [1.54, 1.807) is 19.5 Å². The van der Waals surface area contributed by atoms with Gasteiger partial charge in [0.2, 0.25) is 5.91 Å². The second-order valence-corrected chi connectivity index (χ2v) is 5.64. The van der Waals surface area contributed by atoms with Crippen LogP contribution in [0.2, 0.25) is 0 Å². The van der Waals surface area contributed by atoms with Crippen molar-refractivity contribution in [1.82, 2.24) is 15.5 Å². The van der Waals surface area contributed by atoms with Crippen LogP contribution in [0.15, 0.2) is 35.1 Å². The van der Waals surface area contributed by atoms with Crippen molar-refractivity contribution in [2.24, 2.45) is 0 Å². The van der Waals surface area contributed by atoms with Gasteiger partial charge in [-0.25, -0.2) is 0 Å². The van der Waals surface area contributed by atoms with Crippen LogP contribution in [0.3, 0.4) is 0 Å². The predicted molar refractivity (Wildman–Crippen MR) is 84.2 cm³/mol. The van der Waals surface area contributed by atoms with Crippen LogP contribution >= 0.6 is 15.9 Å². The Labute approximate surface area is 132 Å². The van der Waals surface area contributed by atoms with Crippen molar-refractivity contribution in [2.45, 2.75) is 25.8 Å². The summed E-state index contributed by atoms with van der Waals surface area (Å²) in [5.74, 6) is 0.812. The van der Waals surface area contributed by atoms with Crippen molar-refractivity contribution < 1.29 is 9.53 Å². The molecule has 112 valence electrons. The molecule has 1 heterocycles. The molecule has 1 atom stereocenters. The number of aromatic amines is 1. The fraction of sp³-hybridized carbons (Fsp3) is 0.333. The Morgan fingerprint density at radius 3 is 2.95 bits per heavy atom. The first-order valence-corrected chi connectivity index (χ1v) is 7.50. The van der Waals surface area contributed by atoms with Gasteiger partial charge in [0.1, 0.15) is 5.75 Å². The van der Waals surface area contributed by atoms with E-state index in [-0.39, 0.29) is 11.9 Å². The highest BCUT2D eigenvalue weighted by atomic mass is 79.9. The Hall–Kier alpha value is -1.82. The van der Waals surface area contributed by atoms with Gasteiger partial charge in [-0.3, -0.25) is 9.89 Å². The molecule has 2 aromatic rings. The molecule has 0 saturated carbocycles. The number of carbonyl (C=O) groups excluding carboxylic acids is 1. The minimum absolute atomic E-state index is 0.0237. The number of benzene rings is 1. The summed E-state index contributed by atoms with van der Waals surface area (Å²) >= 11 is 3.44. The fourth-order valence-electron chi connectivity index (χ4n) is 2.02. The number of halogens is 1. The zero-order valence-electron chi connectivity index (χ0n) is 12.0. The standard InChI is InChI=1S/C15H18BrN3O2/c1-10(12-8-17-18-9-12)19-15(20)6-4-11-3-5-14(21-2)13(16)7-11/h3,5,7-10H,4,6H2,1-2H3,(H,17,18)(H,19,20). The smallest absolute Gasteiger partial charge is 0.220 e. The number of aryl methyl sites for hydroxylation is 1. The number of hydrogen-bond donors (Lipinski definition) is 2. The van der Waals surface area contributed by atoms with Crippen LogP contribution in [0.5, 0.6) is 5.75 Å². The van der Waals surface area contributed by atoms with E-state index in [4.69, 9.17) is 4.74 Å². The first-order valence-electron chi connectivity index (χ1n) is 6.70. The molecule has 1 aromatic carbocycles. The summed E-state index contributed by atoms with van der Waals surface area (Å²) in [5, 5.41) is 9.57. The molecule has 0 aliphatic heterocycles. The lowest BCUT2D eigenvalue weighted by atomic mass is 10.1. The number of ether oxygens (including phenoxy) is 1. The molecular formula is C15H18BrN3O2. The van der Waals surface area contributed by atoms with Gasteiger partial charge >= 0.3 is 0 Å². The quantitative estimate of drug-likeness (QED) is 0.840. The van der Waals surface area contributed by atoms with Crippen LogP contribution in [0.1, 0.15) is 30.5 Å². The van der Waals surface area contributed by atoms with E-state index in [9.17, 15) is 4.79 Å². The minimum Gasteiger partial charge on any atom is -0.496 e. The molecule has 0 aliphatic carbocycles. The van der Waals surface area contributed by atoms with Gasteiger partial charge in [0.15, 0.2) is 0 Å². The summed E-state index contributed by atoms with van der Waals surface area (Å²) in [7, 11) is 1.63. The van der Waals surface area contributed by atoms with Gasteiger partial charge in [-0.05, 0) is 47.0 Å². The number of hydrogen-bond acceptors (Lipinski definition) is 3. The van der Waals surface area contributed by atoms with Crippen molar-refractivity contribution in [3.8, 4) is 5.75 Å². The van der Waals surface area contributed by atoms with E-state index >= 15 is 0 Å². The Balaban J connectivity index is 1.85. The maximum absolute atomic E-state index is 12.0. The van der Waals surface area contributed by atoms with Crippen molar-refractivity contribution in [3.05, 3.63) is 46.2 Å². The van der Waals surface area contributed by atoms with Crippen LogP contribution < -0.4 is 10.1 Å². The van der Waals surface area contributed by atoms with E-state index in [0.29, 0.717) is 12.8 Å². The number of amides is 1. The lowest BCUT2D eigenvalue weighted by Crippen LogP contribution is -2.26. The average Bonchev–Trinajstić information content (AvgIpc) is 2.99. The second kappa shape index (κ2) is 7.26. The molecule has 5 nitrogen and oxygen atoms in total. The maximum atomic E-state index is 12.0. The number of H-pyrrole nitrogens is 1. The van der Waals surface area contributed by atoms with Crippen LogP contribution in [0, 0.1) is 0 Å². The monoisotopic (exact) mass is 351 g/mol. The van der Waals surface area contributed by atoms with E-state index in [1.807, 2.05) is 25.1 Å². The predicted octanol–water partition coefficient (Wildman–Crippen LogP) is 2.99. The highest BCUT2D eigenvalue weighted by Crippen LogP contribution is 2.26. The minimum atomic E-state index is -0.0427. The zero-order chi connectivity index (χ0) is 15.2. The van der Waals surface area contributed by atoms with Crippen LogP contribution in [0.4, 0.5) is 0 Å². The normalized spacial score (nSPS) is 12.0. The van der Waals surface area contributed by atoms with Crippen LogP contribution in [-0.4, -0.2) is 23.2 Å². The van der Waals surface area contributed by atoms with Gasteiger partial charge in [0, 0.05) is 18.2 Å². The zero-order valence-corrected chi connectivity index (χ0v) is 13.6. The summed E-state index contributed by atoms with van der Waals surface area (Å²) in [6.45, 7) is 1.94. The Morgan fingerprint density at radius 2 is 2.33 bits per heavy atom. The molecule has 0 bridgehead atoms. The highest BCUT2D eigenvalue weighted by Gasteiger charge is 2.10. The molecule has 21 heavy (non-hydrogen) atoms. The first kappa shape index (κ1) is 15.6. The van der Waals surface area contributed by atoms with Crippen molar-refractivity contribution >= 4 is 21.8 Å². The molecule has 0 spiro atoms.